The first-order valence-electron chi connectivity index (χ1n) is 14.1. The fourth-order valence-corrected chi connectivity index (χ4v) is 5.72. The molecule has 9 nitrogen and oxygen atoms in total. The van der Waals surface area contributed by atoms with Crippen molar-refractivity contribution in [2.45, 2.75) is 64.0 Å². The number of rotatable bonds is 6. The highest BCUT2D eigenvalue weighted by atomic mass is 19.1. The zero-order chi connectivity index (χ0) is 28.9. The molecule has 2 aromatic carbocycles. The molecule has 1 atom stereocenters. The Hall–Kier alpha value is -3.89. The van der Waals surface area contributed by atoms with E-state index in [0.29, 0.717) is 17.1 Å². The molecule has 1 saturated heterocycles. The summed E-state index contributed by atoms with van der Waals surface area (Å²) in [5.74, 6) is -0.252. The minimum atomic E-state index is -1.41. The van der Waals surface area contributed by atoms with Crippen LogP contribution < -0.4 is 5.56 Å². The van der Waals surface area contributed by atoms with Crippen molar-refractivity contribution in [3.05, 3.63) is 93.0 Å². The molecule has 2 N–H and O–H groups in total. The van der Waals surface area contributed by atoms with Crippen molar-refractivity contribution < 1.29 is 23.9 Å². The van der Waals surface area contributed by atoms with Crippen LogP contribution in [-0.2, 0) is 24.2 Å². The van der Waals surface area contributed by atoms with Crippen molar-refractivity contribution in [3.8, 4) is 0 Å². The van der Waals surface area contributed by atoms with Crippen LogP contribution in [0.1, 0.15) is 66.0 Å². The molecule has 1 fully saturated rings. The smallest absolute Gasteiger partial charge is 0.337 e. The SMILES string of the molecule is Cc1nc2n(c(=O)c1CCN1CCC(c3noc4cc(F)ccc34)CC1)CCCC2.O=C(O)[C@H](O)c1ccccc1. The molecule has 4 aromatic rings. The third-order valence-corrected chi connectivity index (χ3v) is 8.04. The number of piperidine rings is 1. The highest BCUT2D eigenvalue weighted by Gasteiger charge is 2.26. The summed E-state index contributed by atoms with van der Waals surface area (Å²) < 4.78 is 20.6. The second-order valence-electron chi connectivity index (χ2n) is 10.7. The molecule has 4 heterocycles. The molecule has 10 heteroatoms. The van der Waals surface area contributed by atoms with Crippen LogP contribution in [0.5, 0.6) is 0 Å². The number of aryl methyl sites for hydroxylation is 2. The lowest BCUT2D eigenvalue weighted by Crippen LogP contribution is -2.37. The lowest BCUT2D eigenvalue weighted by atomic mass is 9.91. The summed E-state index contributed by atoms with van der Waals surface area (Å²) in [6.07, 6.45) is 4.40. The van der Waals surface area contributed by atoms with Crippen LogP contribution >= 0.6 is 0 Å². The van der Waals surface area contributed by atoms with Gasteiger partial charge in [-0.1, -0.05) is 35.5 Å². The monoisotopic (exact) mass is 562 g/mol. The van der Waals surface area contributed by atoms with Gasteiger partial charge in [-0.15, -0.1) is 0 Å². The number of hydrogen-bond donors (Lipinski definition) is 2. The molecule has 0 unspecified atom stereocenters. The number of fused-ring (bicyclic) bond motifs is 2. The molecule has 2 aliphatic heterocycles. The molecule has 2 aromatic heterocycles. The van der Waals surface area contributed by atoms with Crippen LogP contribution in [0.4, 0.5) is 4.39 Å². The topological polar surface area (TPSA) is 122 Å². The molecular formula is C31H35FN4O5. The van der Waals surface area contributed by atoms with Crippen LogP contribution in [0.15, 0.2) is 57.8 Å². The van der Waals surface area contributed by atoms with E-state index in [-0.39, 0.29) is 11.4 Å². The van der Waals surface area contributed by atoms with Crippen LogP contribution in [-0.4, -0.2) is 55.4 Å². The number of aliphatic carboxylic acids is 1. The number of aliphatic hydroxyl groups excluding tert-OH is 1. The quantitative estimate of drug-likeness (QED) is 0.355. The van der Waals surface area contributed by atoms with Crippen molar-refractivity contribution in [1.29, 1.82) is 0 Å². The van der Waals surface area contributed by atoms with E-state index < -0.39 is 12.1 Å². The summed E-state index contributed by atoms with van der Waals surface area (Å²) in [5, 5.41) is 22.5. The molecule has 216 valence electrons. The largest absolute Gasteiger partial charge is 0.479 e. The number of likely N-dealkylation sites (tertiary alicyclic amines) is 1. The molecule has 0 spiro atoms. The molecule has 0 amide bonds. The van der Waals surface area contributed by atoms with Crippen LogP contribution in [0.2, 0.25) is 0 Å². The van der Waals surface area contributed by atoms with E-state index in [1.807, 2.05) is 11.5 Å². The summed E-state index contributed by atoms with van der Waals surface area (Å²) in [5.41, 5.74) is 3.78. The Bertz CT molecular complexity index is 1560. The third-order valence-electron chi connectivity index (χ3n) is 8.04. The fraction of sp³-hybridized carbons (Fsp3) is 0.419. The van der Waals surface area contributed by atoms with Gasteiger partial charge < -0.3 is 19.6 Å². The van der Waals surface area contributed by atoms with Crippen molar-refractivity contribution in [3.63, 3.8) is 0 Å². The summed E-state index contributed by atoms with van der Waals surface area (Å²) in [4.78, 5) is 30.3. The van der Waals surface area contributed by atoms with Gasteiger partial charge in [0.1, 0.15) is 11.6 Å². The Kier molecular flexibility index (Phi) is 8.90. The van der Waals surface area contributed by atoms with Crippen LogP contribution in [0.25, 0.3) is 11.0 Å². The standard InChI is InChI=1S/C23H27FN4O2.C8H8O3/c1-15-18(23(29)28-10-3-2-4-21(28)25-15)9-13-27-11-7-16(8-12-27)22-19-6-5-17(24)14-20(19)30-26-22;9-7(8(10)11)6-4-2-1-3-5-6/h5-6,14,16H,2-4,7-13H2,1H3;1-5,7,9H,(H,10,11)/t;7-/m.1/s1. The minimum Gasteiger partial charge on any atom is -0.479 e. The van der Waals surface area contributed by atoms with Gasteiger partial charge in [0.25, 0.3) is 5.56 Å². The predicted molar refractivity (Wildman–Crippen MR) is 151 cm³/mol. The summed E-state index contributed by atoms with van der Waals surface area (Å²) in [6, 6.07) is 12.9. The Balaban J connectivity index is 0.000000259. The molecular weight excluding hydrogens is 527 g/mol. The molecule has 0 saturated carbocycles. The van der Waals surface area contributed by atoms with Gasteiger partial charge in [-0.05, 0) is 69.8 Å². The van der Waals surface area contributed by atoms with Crippen molar-refractivity contribution in [2.75, 3.05) is 19.6 Å². The average Bonchev–Trinajstić information content (AvgIpc) is 3.40. The number of aromatic nitrogens is 3. The molecule has 6 rings (SSSR count). The highest BCUT2D eigenvalue weighted by Crippen LogP contribution is 2.32. The second kappa shape index (κ2) is 12.7. The lowest BCUT2D eigenvalue weighted by molar-refractivity contribution is -0.146. The average molecular weight is 563 g/mol. The van der Waals surface area contributed by atoms with Crippen LogP contribution in [0, 0.1) is 12.7 Å². The molecule has 0 aliphatic carbocycles. The normalized spacial score (nSPS) is 16.6. The highest BCUT2D eigenvalue weighted by molar-refractivity contribution is 5.80. The Labute approximate surface area is 237 Å². The van der Waals surface area contributed by atoms with Crippen molar-refractivity contribution in [1.82, 2.24) is 19.6 Å². The Morgan fingerprint density at radius 2 is 1.88 bits per heavy atom. The first-order chi connectivity index (χ1) is 19.8. The summed E-state index contributed by atoms with van der Waals surface area (Å²) in [6.45, 7) is 5.55. The van der Waals surface area contributed by atoms with Gasteiger partial charge in [-0.2, -0.15) is 0 Å². The maximum atomic E-state index is 13.4. The Morgan fingerprint density at radius 1 is 1.12 bits per heavy atom. The summed E-state index contributed by atoms with van der Waals surface area (Å²) >= 11 is 0. The van der Waals surface area contributed by atoms with Gasteiger partial charge in [0.05, 0.1) is 5.69 Å². The van der Waals surface area contributed by atoms with Crippen molar-refractivity contribution in [2.24, 2.45) is 0 Å². The number of carboxylic acid groups (broad SMARTS) is 1. The van der Waals surface area contributed by atoms with Gasteiger partial charge in [0.15, 0.2) is 11.7 Å². The van der Waals surface area contributed by atoms with E-state index in [0.717, 1.165) is 92.9 Å². The number of hydrogen-bond acceptors (Lipinski definition) is 7. The molecule has 41 heavy (non-hydrogen) atoms. The molecule has 0 bridgehead atoms. The van der Waals surface area contributed by atoms with E-state index in [2.05, 4.69) is 10.1 Å². The first kappa shape index (κ1) is 28.6. The van der Waals surface area contributed by atoms with E-state index >= 15 is 0 Å². The maximum absolute atomic E-state index is 13.4. The number of halogens is 1. The van der Waals surface area contributed by atoms with Crippen molar-refractivity contribution >= 4 is 16.9 Å². The number of carboxylic acids is 1. The lowest BCUT2D eigenvalue weighted by Gasteiger charge is -2.31. The number of nitrogens with zero attached hydrogens (tertiary/aromatic N) is 4. The fourth-order valence-electron chi connectivity index (χ4n) is 5.72. The molecule has 2 aliphatic rings. The minimum absolute atomic E-state index is 0.161. The number of carbonyl (C=O) groups is 1. The number of aliphatic hydroxyl groups is 1. The van der Waals surface area contributed by atoms with E-state index in [1.165, 1.54) is 12.1 Å². The molecule has 0 radical (unpaired) electrons. The zero-order valence-electron chi connectivity index (χ0n) is 23.1. The summed E-state index contributed by atoms with van der Waals surface area (Å²) in [7, 11) is 0. The van der Waals surface area contributed by atoms with Crippen LogP contribution in [0.3, 0.4) is 0 Å². The second-order valence-corrected chi connectivity index (χ2v) is 10.7. The van der Waals surface area contributed by atoms with Gasteiger partial charge in [-0.25, -0.2) is 14.2 Å². The Morgan fingerprint density at radius 3 is 2.61 bits per heavy atom. The van der Waals surface area contributed by atoms with Gasteiger partial charge in [-0.3, -0.25) is 9.36 Å². The third kappa shape index (κ3) is 6.55. The van der Waals surface area contributed by atoms with E-state index in [9.17, 15) is 14.0 Å². The number of benzene rings is 2. The van der Waals surface area contributed by atoms with Gasteiger partial charge in [0.2, 0.25) is 0 Å². The maximum Gasteiger partial charge on any atom is 0.337 e. The van der Waals surface area contributed by atoms with Gasteiger partial charge in [0, 0.05) is 48.1 Å². The van der Waals surface area contributed by atoms with Gasteiger partial charge >= 0.3 is 5.97 Å². The first-order valence-corrected chi connectivity index (χ1v) is 14.1. The van der Waals surface area contributed by atoms with E-state index in [4.69, 9.17) is 19.7 Å². The predicted octanol–water partition coefficient (Wildman–Crippen LogP) is 4.40. The van der Waals surface area contributed by atoms with E-state index in [1.54, 1.807) is 36.4 Å². The zero-order valence-corrected chi connectivity index (χ0v) is 23.1.